The molecule has 3 aromatic rings. The van der Waals surface area contributed by atoms with E-state index in [1.54, 1.807) is 19.3 Å². The number of carbonyl (C=O) groups excluding carboxylic acids is 1. The van der Waals surface area contributed by atoms with Crippen LogP contribution in [0.3, 0.4) is 0 Å². The lowest BCUT2D eigenvalue weighted by atomic mass is 10.2. The van der Waals surface area contributed by atoms with Crippen LogP contribution in [0.1, 0.15) is 35.1 Å². The van der Waals surface area contributed by atoms with Crippen LogP contribution in [0.4, 0.5) is 5.69 Å². The van der Waals surface area contributed by atoms with E-state index in [4.69, 9.17) is 4.42 Å². The van der Waals surface area contributed by atoms with Crippen LogP contribution >= 0.6 is 0 Å². The zero-order chi connectivity index (χ0) is 14.4. The molecule has 1 aliphatic carbocycles. The van der Waals surface area contributed by atoms with Crippen LogP contribution in [-0.4, -0.2) is 20.7 Å². The Morgan fingerprint density at radius 1 is 1.38 bits per heavy atom. The fraction of sp³-hybridized carbons (Fsp3) is 0.267. The Morgan fingerprint density at radius 3 is 2.95 bits per heavy atom. The van der Waals surface area contributed by atoms with Gasteiger partial charge in [-0.2, -0.15) is 5.10 Å². The molecule has 2 aromatic heterocycles. The number of fused-ring (bicyclic) bond motifs is 1. The third-order valence-electron chi connectivity index (χ3n) is 3.64. The molecule has 0 atom stereocenters. The molecule has 0 spiro atoms. The predicted molar refractivity (Wildman–Crippen MR) is 77.1 cm³/mol. The standard InChI is InChI=1S/C15H14N4O2/c1-19-12(6-7-16-19)14(20)17-10-4-5-13-11(8-10)18-15(21-13)9-2-3-9/h4-9H,2-3H2,1H3,(H,17,20). The Balaban J connectivity index is 1.61. The molecule has 0 radical (unpaired) electrons. The van der Waals surface area contributed by atoms with E-state index in [1.807, 2.05) is 18.2 Å². The maximum absolute atomic E-state index is 12.1. The summed E-state index contributed by atoms with van der Waals surface area (Å²) in [7, 11) is 1.73. The first-order valence-electron chi connectivity index (χ1n) is 6.90. The highest BCUT2D eigenvalue weighted by atomic mass is 16.3. The number of nitrogens with zero attached hydrogens (tertiary/aromatic N) is 3. The summed E-state index contributed by atoms with van der Waals surface area (Å²) in [5.41, 5.74) is 2.74. The van der Waals surface area contributed by atoms with Gasteiger partial charge >= 0.3 is 0 Å². The Kier molecular flexibility index (Phi) is 2.57. The summed E-state index contributed by atoms with van der Waals surface area (Å²) in [6.45, 7) is 0. The molecule has 0 unspecified atom stereocenters. The van der Waals surface area contributed by atoms with Gasteiger partial charge in [0.15, 0.2) is 11.5 Å². The van der Waals surface area contributed by atoms with Crippen molar-refractivity contribution in [3.8, 4) is 0 Å². The number of aryl methyl sites for hydroxylation is 1. The van der Waals surface area contributed by atoms with Crippen LogP contribution in [0.25, 0.3) is 11.1 Å². The van der Waals surface area contributed by atoms with Crippen LogP contribution in [-0.2, 0) is 7.05 Å². The maximum Gasteiger partial charge on any atom is 0.273 e. The van der Waals surface area contributed by atoms with Crippen molar-refractivity contribution >= 4 is 22.7 Å². The summed E-state index contributed by atoms with van der Waals surface area (Å²) in [6.07, 6.45) is 3.89. The second kappa shape index (κ2) is 4.44. The molecule has 0 bridgehead atoms. The summed E-state index contributed by atoms with van der Waals surface area (Å²) < 4.78 is 7.24. The van der Waals surface area contributed by atoms with Crippen LogP contribution in [0.15, 0.2) is 34.9 Å². The van der Waals surface area contributed by atoms with Crippen molar-refractivity contribution in [2.75, 3.05) is 5.32 Å². The zero-order valence-electron chi connectivity index (χ0n) is 11.5. The number of rotatable bonds is 3. The third-order valence-corrected chi connectivity index (χ3v) is 3.64. The summed E-state index contributed by atoms with van der Waals surface area (Å²) in [5, 5.41) is 6.84. The molecule has 1 amide bonds. The third kappa shape index (κ3) is 2.18. The number of nitrogens with one attached hydrogen (secondary N) is 1. The molecule has 0 saturated heterocycles. The Labute approximate surface area is 120 Å². The second-order valence-corrected chi connectivity index (χ2v) is 5.30. The smallest absolute Gasteiger partial charge is 0.273 e. The molecule has 1 fully saturated rings. The van der Waals surface area contributed by atoms with E-state index in [9.17, 15) is 4.79 Å². The first kappa shape index (κ1) is 12.1. The summed E-state index contributed by atoms with van der Waals surface area (Å²) in [5.74, 6) is 1.09. The monoisotopic (exact) mass is 282 g/mol. The second-order valence-electron chi connectivity index (χ2n) is 5.30. The lowest BCUT2D eigenvalue weighted by Crippen LogP contribution is -2.15. The van der Waals surface area contributed by atoms with E-state index in [2.05, 4.69) is 15.4 Å². The summed E-state index contributed by atoms with van der Waals surface area (Å²) in [6, 6.07) is 7.17. The van der Waals surface area contributed by atoms with E-state index in [0.717, 1.165) is 29.8 Å². The van der Waals surface area contributed by atoms with Gasteiger partial charge in [-0.1, -0.05) is 0 Å². The van der Waals surface area contributed by atoms with Gasteiger partial charge in [-0.25, -0.2) is 4.98 Å². The normalized spacial score (nSPS) is 14.5. The number of hydrogen-bond donors (Lipinski definition) is 1. The van der Waals surface area contributed by atoms with Crippen molar-refractivity contribution in [1.82, 2.24) is 14.8 Å². The number of benzene rings is 1. The number of amides is 1. The predicted octanol–water partition coefficient (Wildman–Crippen LogP) is 2.69. The molecule has 21 heavy (non-hydrogen) atoms. The van der Waals surface area contributed by atoms with Gasteiger partial charge < -0.3 is 9.73 Å². The quantitative estimate of drug-likeness (QED) is 0.801. The number of hydrogen-bond acceptors (Lipinski definition) is 4. The van der Waals surface area contributed by atoms with Crippen molar-refractivity contribution in [3.05, 3.63) is 42.0 Å². The number of oxazole rings is 1. The Hall–Kier alpha value is -2.63. The zero-order valence-corrected chi connectivity index (χ0v) is 11.5. The molecule has 2 heterocycles. The lowest BCUT2D eigenvalue weighted by Gasteiger charge is -2.04. The maximum atomic E-state index is 12.1. The molecule has 1 aromatic carbocycles. The van der Waals surface area contributed by atoms with Crippen LogP contribution in [0.5, 0.6) is 0 Å². The molecule has 1 N–H and O–H groups in total. The van der Waals surface area contributed by atoms with Crippen molar-refractivity contribution in [2.24, 2.45) is 7.05 Å². The Morgan fingerprint density at radius 2 is 2.24 bits per heavy atom. The van der Waals surface area contributed by atoms with Gasteiger partial charge in [0.2, 0.25) is 0 Å². The van der Waals surface area contributed by atoms with E-state index in [-0.39, 0.29) is 5.91 Å². The van der Waals surface area contributed by atoms with Crippen molar-refractivity contribution in [3.63, 3.8) is 0 Å². The van der Waals surface area contributed by atoms with Gasteiger partial charge in [-0.05, 0) is 37.1 Å². The van der Waals surface area contributed by atoms with Gasteiger partial charge in [0.05, 0.1) is 0 Å². The van der Waals surface area contributed by atoms with Crippen molar-refractivity contribution in [1.29, 1.82) is 0 Å². The van der Waals surface area contributed by atoms with Crippen molar-refractivity contribution in [2.45, 2.75) is 18.8 Å². The molecule has 1 aliphatic rings. The highest BCUT2D eigenvalue weighted by molar-refractivity contribution is 6.03. The lowest BCUT2D eigenvalue weighted by molar-refractivity contribution is 0.101. The average molecular weight is 282 g/mol. The minimum Gasteiger partial charge on any atom is -0.440 e. The fourth-order valence-electron chi connectivity index (χ4n) is 2.32. The van der Waals surface area contributed by atoms with E-state index in [1.165, 1.54) is 4.68 Å². The van der Waals surface area contributed by atoms with E-state index < -0.39 is 0 Å². The molecule has 4 rings (SSSR count). The molecule has 6 heteroatoms. The number of carbonyl (C=O) groups is 1. The van der Waals surface area contributed by atoms with Crippen LogP contribution in [0.2, 0.25) is 0 Å². The largest absolute Gasteiger partial charge is 0.440 e. The molecule has 0 aliphatic heterocycles. The molecule has 1 saturated carbocycles. The van der Waals surface area contributed by atoms with E-state index in [0.29, 0.717) is 17.3 Å². The van der Waals surface area contributed by atoms with Gasteiger partial charge in [-0.15, -0.1) is 0 Å². The molecular formula is C15H14N4O2. The first-order valence-corrected chi connectivity index (χ1v) is 6.90. The minimum absolute atomic E-state index is 0.194. The van der Waals surface area contributed by atoms with Gasteiger partial charge in [0.1, 0.15) is 11.2 Å². The highest BCUT2D eigenvalue weighted by Crippen LogP contribution is 2.40. The SMILES string of the molecule is Cn1nccc1C(=O)Nc1ccc2oc(C3CC3)nc2c1. The first-order chi connectivity index (χ1) is 10.2. The summed E-state index contributed by atoms with van der Waals surface area (Å²) in [4.78, 5) is 16.6. The number of aromatic nitrogens is 3. The summed E-state index contributed by atoms with van der Waals surface area (Å²) >= 11 is 0. The van der Waals surface area contributed by atoms with Gasteiger partial charge in [0, 0.05) is 24.8 Å². The molecule has 6 nitrogen and oxygen atoms in total. The van der Waals surface area contributed by atoms with Crippen LogP contribution in [0, 0.1) is 0 Å². The van der Waals surface area contributed by atoms with Crippen molar-refractivity contribution < 1.29 is 9.21 Å². The van der Waals surface area contributed by atoms with Crippen LogP contribution < -0.4 is 5.32 Å². The topological polar surface area (TPSA) is 73.0 Å². The number of anilines is 1. The van der Waals surface area contributed by atoms with Gasteiger partial charge in [-0.3, -0.25) is 9.48 Å². The minimum atomic E-state index is -0.194. The highest BCUT2D eigenvalue weighted by Gasteiger charge is 2.28. The Bertz CT molecular complexity index is 829. The molecular weight excluding hydrogens is 268 g/mol. The average Bonchev–Trinajstić information content (AvgIpc) is 3.09. The fourth-order valence-corrected chi connectivity index (χ4v) is 2.32. The van der Waals surface area contributed by atoms with E-state index >= 15 is 0 Å². The molecule has 106 valence electrons. The van der Waals surface area contributed by atoms with Gasteiger partial charge in [0.25, 0.3) is 5.91 Å².